The maximum absolute atomic E-state index is 5.05. The van der Waals surface area contributed by atoms with Crippen LogP contribution in [0.4, 0.5) is 17.5 Å². The molecule has 6 nitrogen and oxygen atoms in total. The summed E-state index contributed by atoms with van der Waals surface area (Å²) in [5, 5.41) is 14.4. The Kier molecular flexibility index (Phi) is 6.35. The van der Waals surface area contributed by atoms with Gasteiger partial charge < -0.3 is 10.6 Å². The number of nitrogens with zero attached hydrogens (tertiary/aromatic N) is 4. The highest BCUT2D eigenvalue weighted by atomic mass is 15.3. The lowest BCUT2D eigenvalue weighted by atomic mass is 9.92. The number of hydrogen-bond acceptors (Lipinski definition) is 5. The Balaban J connectivity index is 1.62. The highest BCUT2D eigenvalue weighted by Gasteiger charge is 2.22. The van der Waals surface area contributed by atoms with Gasteiger partial charge in [-0.15, -0.1) is 0 Å². The highest BCUT2D eigenvalue weighted by molar-refractivity contribution is 5.96. The highest BCUT2D eigenvalue weighted by Crippen LogP contribution is 2.31. The number of fused-ring (bicyclic) bond motifs is 2. The molecule has 2 N–H and O–H groups in total. The lowest BCUT2D eigenvalue weighted by molar-refractivity contribution is 0.560. The quantitative estimate of drug-likeness (QED) is 0.238. The van der Waals surface area contributed by atoms with E-state index in [1.807, 2.05) is 22.9 Å². The van der Waals surface area contributed by atoms with Crippen LogP contribution < -0.4 is 10.6 Å². The van der Waals surface area contributed by atoms with Crippen LogP contribution in [0.5, 0.6) is 0 Å². The van der Waals surface area contributed by atoms with Crippen molar-refractivity contribution in [2.75, 3.05) is 17.2 Å². The minimum absolute atomic E-state index is 0.0945. The molecule has 0 bridgehead atoms. The van der Waals surface area contributed by atoms with Crippen LogP contribution in [0.3, 0.4) is 0 Å². The molecule has 2 heterocycles. The van der Waals surface area contributed by atoms with E-state index < -0.39 is 0 Å². The SMILES string of the molecule is CC(C)CCNc1nc2cc3ccccc3cc2nc1Nc1cc(C(C)(C)C)nn1-c1ccccc1. The van der Waals surface area contributed by atoms with E-state index in [0.717, 1.165) is 57.8 Å². The lowest BCUT2D eigenvalue weighted by Crippen LogP contribution is -2.12. The van der Waals surface area contributed by atoms with Gasteiger partial charge in [0.25, 0.3) is 0 Å². The van der Waals surface area contributed by atoms with Crippen molar-refractivity contribution in [3.05, 3.63) is 78.5 Å². The first-order valence-electron chi connectivity index (χ1n) is 12.7. The molecule has 184 valence electrons. The molecule has 6 heteroatoms. The zero-order chi connectivity index (χ0) is 25.3. The molecule has 0 aliphatic heterocycles. The fourth-order valence-electron chi connectivity index (χ4n) is 4.16. The van der Waals surface area contributed by atoms with Crippen LogP contribution in [0.25, 0.3) is 27.5 Å². The Hall–Kier alpha value is -3.93. The van der Waals surface area contributed by atoms with Gasteiger partial charge >= 0.3 is 0 Å². The van der Waals surface area contributed by atoms with E-state index in [4.69, 9.17) is 15.1 Å². The molecule has 2 aromatic heterocycles. The molecule has 0 amide bonds. The van der Waals surface area contributed by atoms with Gasteiger partial charge in [-0.2, -0.15) is 5.10 Å². The van der Waals surface area contributed by atoms with Crippen LogP contribution in [0.2, 0.25) is 0 Å². The maximum atomic E-state index is 5.05. The summed E-state index contributed by atoms with van der Waals surface area (Å²) < 4.78 is 1.95. The van der Waals surface area contributed by atoms with E-state index in [2.05, 4.69) is 99.8 Å². The fourth-order valence-corrected chi connectivity index (χ4v) is 4.16. The zero-order valence-corrected chi connectivity index (χ0v) is 21.7. The van der Waals surface area contributed by atoms with Crippen LogP contribution in [0.15, 0.2) is 72.8 Å². The third kappa shape index (κ3) is 5.03. The minimum Gasteiger partial charge on any atom is -0.367 e. The zero-order valence-electron chi connectivity index (χ0n) is 21.7. The van der Waals surface area contributed by atoms with Crippen molar-refractivity contribution >= 4 is 39.3 Å². The Labute approximate surface area is 212 Å². The van der Waals surface area contributed by atoms with E-state index in [0.29, 0.717) is 11.7 Å². The van der Waals surface area contributed by atoms with Crippen LogP contribution >= 0.6 is 0 Å². The number of nitrogens with one attached hydrogen (secondary N) is 2. The molecule has 3 aromatic carbocycles. The van der Waals surface area contributed by atoms with Crippen LogP contribution in [-0.4, -0.2) is 26.3 Å². The number of anilines is 3. The van der Waals surface area contributed by atoms with Crippen molar-refractivity contribution in [2.45, 2.75) is 46.5 Å². The monoisotopic (exact) mass is 478 g/mol. The molecular weight excluding hydrogens is 444 g/mol. The molecule has 0 atom stereocenters. The Morgan fingerprint density at radius 3 is 2.03 bits per heavy atom. The van der Waals surface area contributed by atoms with E-state index in [9.17, 15) is 0 Å². The lowest BCUT2D eigenvalue weighted by Gasteiger charge is -2.15. The first kappa shape index (κ1) is 23.8. The third-order valence-electron chi connectivity index (χ3n) is 6.27. The Bertz CT molecular complexity index is 1500. The number of hydrogen-bond donors (Lipinski definition) is 2. The second-order valence-electron chi connectivity index (χ2n) is 10.8. The van der Waals surface area contributed by atoms with Gasteiger partial charge in [0.2, 0.25) is 0 Å². The van der Waals surface area contributed by atoms with E-state index in [1.54, 1.807) is 0 Å². The number of para-hydroxylation sites is 1. The molecule has 0 fully saturated rings. The molecule has 0 unspecified atom stereocenters. The molecule has 0 spiro atoms. The van der Waals surface area contributed by atoms with Crippen LogP contribution in [0.1, 0.15) is 46.7 Å². The van der Waals surface area contributed by atoms with Crippen LogP contribution in [-0.2, 0) is 5.41 Å². The molecule has 0 radical (unpaired) electrons. The van der Waals surface area contributed by atoms with Gasteiger partial charge in [0.1, 0.15) is 5.82 Å². The fraction of sp³-hybridized carbons (Fsp3) is 0.300. The van der Waals surface area contributed by atoms with Gasteiger partial charge in [0, 0.05) is 18.0 Å². The molecule has 0 aliphatic rings. The number of aromatic nitrogens is 4. The molecule has 5 rings (SSSR count). The summed E-state index contributed by atoms with van der Waals surface area (Å²) >= 11 is 0. The van der Waals surface area contributed by atoms with Gasteiger partial charge in [-0.3, -0.25) is 0 Å². The molecule has 5 aromatic rings. The summed E-state index contributed by atoms with van der Waals surface area (Å²) in [5.74, 6) is 2.89. The average Bonchev–Trinajstić information content (AvgIpc) is 3.28. The van der Waals surface area contributed by atoms with Gasteiger partial charge in [-0.1, -0.05) is 77.1 Å². The van der Waals surface area contributed by atoms with E-state index in [-0.39, 0.29) is 5.41 Å². The smallest absolute Gasteiger partial charge is 0.175 e. The largest absolute Gasteiger partial charge is 0.367 e. The van der Waals surface area contributed by atoms with Crippen LogP contribution in [0, 0.1) is 5.92 Å². The van der Waals surface area contributed by atoms with Crippen molar-refractivity contribution in [2.24, 2.45) is 5.92 Å². The Morgan fingerprint density at radius 1 is 0.806 bits per heavy atom. The maximum Gasteiger partial charge on any atom is 0.175 e. The first-order chi connectivity index (χ1) is 17.3. The minimum atomic E-state index is -0.0945. The standard InChI is InChI=1S/C30H34N6/c1-20(2)15-16-31-28-29(33-25-18-22-12-10-9-11-21(22)17-24(25)32-28)34-27-19-26(30(3,4)5)35-36(27)23-13-7-6-8-14-23/h6-14,17-20H,15-16H2,1-5H3,(H,31,32)(H,33,34). The normalized spacial score (nSPS) is 11.9. The molecule has 0 aliphatic carbocycles. The first-order valence-corrected chi connectivity index (χ1v) is 12.7. The Morgan fingerprint density at radius 2 is 1.42 bits per heavy atom. The second kappa shape index (κ2) is 9.61. The topological polar surface area (TPSA) is 67.7 Å². The van der Waals surface area contributed by atoms with Crippen molar-refractivity contribution < 1.29 is 0 Å². The average molecular weight is 479 g/mol. The van der Waals surface area contributed by atoms with Crippen molar-refractivity contribution in [1.82, 2.24) is 19.7 Å². The van der Waals surface area contributed by atoms with Crippen molar-refractivity contribution in [3.63, 3.8) is 0 Å². The van der Waals surface area contributed by atoms with Gasteiger partial charge in [0.15, 0.2) is 11.6 Å². The van der Waals surface area contributed by atoms with Gasteiger partial charge in [0.05, 0.1) is 22.4 Å². The second-order valence-corrected chi connectivity index (χ2v) is 10.8. The van der Waals surface area contributed by atoms with Crippen molar-refractivity contribution in [3.8, 4) is 5.69 Å². The third-order valence-corrected chi connectivity index (χ3v) is 6.27. The summed E-state index contributed by atoms with van der Waals surface area (Å²) in [5.41, 5.74) is 3.63. The summed E-state index contributed by atoms with van der Waals surface area (Å²) in [6, 6.07) is 24.8. The van der Waals surface area contributed by atoms with E-state index in [1.165, 1.54) is 0 Å². The molecule has 0 saturated carbocycles. The summed E-state index contributed by atoms with van der Waals surface area (Å²) in [7, 11) is 0. The molecule has 36 heavy (non-hydrogen) atoms. The van der Waals surface area contributed by atoms with Gasteiger partial charge in [-0.05, 0) is 47.4 Å². The van der Waals surface area contributed by atoms with Crippen molar-refractivity contribution in [1.29, 1.82) is 0 Å². The summed E-state index contributed by atoms with van der Waals surface area (Å²) in [6.07, 6.45) is 1.05. The number of rotatable bonds is 7. The molecular formula is C30H34N6. The predicted octanol–water partition coefficient (Wildman–Crippen LogP) is 7.47. The predicted molar refractivity (Wildman–Crippen MR) is 151 cm³/mol. The number of benzene rings is 3. The van der Waals surface area contributed by atoms with Gasteiger partial charge in [-0.25, -0.2) is 14.6 Å². The summed E-state index contributed by atoms with van der Waals surface area (Å²) in [6.45, 7) is 11.8. The van der Waals surface area contributed by atoms with E-state index >= 15 is 0 Å². The summed E-state index contributed by atoms with van der Waals surface area (Å²) in [4.78, 5) is 10.1. The molecule has 0 saturated heterocycles.